The van der Waals surface area contributed by atoms with Crippen LogP contribution in [0, 0.1) is 6.92 Å². The number of benzene rings is 3. The minimum Gasteiger partial charge on any atom is -0.496 e. The van der Waals surface area contributed by atoms with Crippen molar-refractivity contribution in [2.75, 3.05) is 12.4 Å². The molecule has 36 heavy (non-hydrogen) atoms. The van der Waals surface area contributed by atoms with E-state index >= 15 is 0 Å². The number of pyridine rings is 1. The number of fused-ring (bicyclic) bond motifs is 1. The normalized spacial score (nSPS) is 11.5. The lowest BCUT2D eigenvalue weighted by molar-refractivity contribution is -0.111. The predicted octanol–water partition coefficient (Wildman–Crippen LogP) is 7.52. The monoisotopic (exact) mass is 474 g/mol. The first-order valence-electron chi connectivity index (χ1n) is 11.7. The van der Waals surface area contributed by atoms with E-state index in [0.29, 0.717) is 11.6 Å². The molecule has 2 heterocycles. The van der Waals surface area contributed by atoms with Gasteiger partial charge in [0.2, 0.25) is 5.91 Å². The molecule has 0 radical (unpaired) electrons. The van der Waals surface area contributed by atoms with E-state index in [1.165, 1.54) is 5.56 Å². The molecule has 0 bridgehead atoms. The summed E-state index contributed by atoms with van der Waals surface area (Å²) >= 11 is 0. The Kier molecular flexibility index (Phi) is 6.37. The average Bonchev–Trinajstić information content (AvgIpc) is 3.31. The van der Waals surface area contributed by atoms with Gasteiger partial charge in [-0.05, 0) is 54.3 Å². The van der Waals surface area contributed by atoms with Crippen LogP contribution in [0.15, 0.2) is 102 Å². The van der Waals surface area contributed by atoms with Crippen LogP contribution >= 0.6 is 0 Å². The summed E-state index contributed by atoms with van der Waals surface area (Å²) < 4.78 is 11.5. The van der Waals surface area contributed by atoms with Gasteiger partial charge in [-0.2, -0.15) is 0 Å². The molecule has 0 fully saturated rings. The van der Waals surface area contributed by atoms with Gasteiger partial charge >= 0.3 is 0 Å². The molecule has 0 aliphatic heterocycles. The van der Waals surface area contributed by atoms with Crippen LogP contribution in [0.3, 0.4) is 0 Å². The van der Waals surface area contributed by atoms with Crippen molar-refractivity contribution in [3.8, 4) is 28.0 Å². The molecule has 5 rings (SSSR count). The third kappa shape index (κ3) is 4.77. The maximum atomic E-state index is 12.7. The number of carbonyl (C=O) groups excluding carboxylic acids is 1. The lowest BCUT2D eigenvalue weighted by atomic mass is 9.97. The number of methoxy groups -OCH3 is 1. The van der Waals surface area contributed by atoms with E-state index in [4.69, 9.17) is 9.15 Å². The van der Waals surface area contributed by atoms with Crippen molar-refractivity contribution in [1.29, 1.82) is 0 Å². The Morgan fingerprint density at radius 3 is 2.36 bits per heavy atom. The molecule has 0 aliphatic carbocycles. The molecule has 1 N–H and O–H groups in total. The molecule has 0 aliphatic rings. The van der Waals surface area contributed by atoms with E-state index in [9.17, 15) is 4.79 Å². The number of aryl methyl sites for hydroxylation is 1. The Labute approximate surface area is 210 Å². The summed E-state index contributed by atoms with van der Waals surface area (Å²) in [6.45, 7) is 3.77. The van der Waals surface area contributed by atoms with Gasteiger partial charge in [0.15, 0.2) is 0 Å². The number of nitrogens with one attached hydrogen (secondary N) is 1. The fourth-order valence-corrected chi connectivity index (χ4v) is 4.28. The average molecular weight is 475 g/mol. The molecule has 0 unspecified atom stereocenters. The summed E-state index contributed by atoms with van der Waals surface area (Å²) in [7, 11) is 1.61. The van der Waals surface area contributed by atoms with Crippen LogP contribution in [0.1, 0.15) is 18.2 Å². The smallest absolute Gasteiger partial charge is 0.249 e. The second kappa shape index (κ2) is 9.92. The Bertz CT molecular complexity index is 1570. The van der Waals surface area contributed by atoms with Crippen LogP contribution in [0.25, 0.3) is 38.8 Å². The summed E-state index contributed by atoms with van der Waals surface area (Å²) in [5.41, 5.74) is 7.51. The van der Waals surface area contributed by atoms with Crippen molar-refractivity contribution in [3.05, 3.63) is 109 Å². The summed E-state index contributed by atoms with van der Waals surface area (Å²) in [6.07, 6.45) is 3.32. The van der Waals surface area contributed by atoms with Crippen LogP contribution in [0.2, 0.25) is 0 Å². The molecule has 0 saturated heterocycles. The molecule has 2 aromatic heterocycles. The number of furan rings is 1. The number of ether oxygens (including phenoxy) is 1. The molecule has 3 aromatic carbocycles. The van der Waals surface area contributed by atoms with Crippen LogP contribution in [-0.4, -0.2) is 18.0 Å². The van der Waals surface area contributed by atoms with Gasteiger partial charge in [-0.3, -0.25) is 4.79 Å². The standard InChI is InChI=1S/C31H26N2O3/c1-20(16-31(34)33-30-11-7-8-21(2)32-30)25-17-26-27(19-36-29(26)18-28(25)35-3)24-14-12-23(13-15-24)22-9-5-4-6-10-22/h4-19H,1-3H3,(H,32,33,34)/b20-16+. The van der Waals surface area contributed by atoms with E-state index in [-0.39, 0.29) is 5.91 Å². The van der Waals surface area contributed by atoms with Crippen molar-refractivity contribution < 1.29 is 13.9 Å². The predicted molar refractivity (Wildman–Crippen MR) is 145 cm³/mol. The molecule has 0 saturated carbocycles. The fourth-order valence-electron chi connectivity index (χ4n) is 4.28. The van der Waals surface area contributed by atoms with Crippen molar-refractivity contribution in [1.82, 2.24) is 4.98 Å². The van der Waals surface area contributed by atoms with Crippen LogP contribution in [0.4, 0.5) is 5.82 Å². The zero-order valence-electron chi connectivity index (χ0n) is 20.4. The third-order valence-corrected chi connectivity index (χ3v) is 6.11. The number of amides is 1. The quantitative estimate of drug-likeness (QED) is 0.259. The fraction of sp³-hybridized carbons (Fsp3) is 0.0968. The largest absolute Gasteiger partial charge is 0.496 e. The molecule has 0 spiro atoms. The molecule has 5 aromatic rings. The summed E-state index contributed by atoms with van der Waals surface area (Å²) in [5, 5.41) is 3.77. The van der Waals surface area contributed by atoms with Crippen molar-refractivity contribution in [2.45, 2.75) is 13.8 Å². The lowest BCUT2D eigenvalue weighted by Gasteiger charge is -2.10. The minimum atomic E-state index is -0.253. The number of hydrogen-bond donors (Lipinski definition) is 1. The topological polar surface area (TPSA) is 64.4 Å². The number of aromatic nitrogens is 1. The Morgan fingerprint density at radius 1 is 0.917 bits per heavy atom. The highest BCUT2D eigenvalue weighted by molar-refractivity contribution is 6.05. The highest BCUT2D eigenvalue weighted by Gasteiger charge is 2.15. The first-order chi connectivity index (χ1) is 17.5. The SMILES string of the molecule is COc1cc2occ(-c3ccc(-c4ccccc4)cc3)c2cc1/C(C)=C/C(=O)Nc1cccc(C)n1. The molecular formula is C31H26N2O3. The van der Waals surface area contributed by atoms with Crippen LogP contribution in [0.5, 0.6) is 5.75 Å². The zero-order valence-corrected chi connectivity index (χ0v) is 20.4. The maximum Gasteiger partial charge on any atom is 0.249 e. The van der Waals surface area contributed by atoms with E-state index in [1.54, 1.807) is 25.5 Å². The van der Waals surface area contributed by atoms with Gasteiger partial charge in [-0.15, -0.1) is 0 Å². The minimum absolute atomic E-state index is 0.253. The first kappa shape index (κ1) is 23.1. The Balaban J connectivity index is 1.48. The van der Waals surface area contributed by atoms with Crippen molar-refractivity contribution in [2.24, 2.45) is 0 Å². The van der Waals surface area contributed by atoms with E-state index in [1.807, 2.05) is 56.3 Å². The second-order valence-electron chi connectivity index (χ2n) is 8.62. The number of nitrogens with zero attached hydrogens (tertiary/aromatic N) is 1. The summed E-state index contributed by atoms with van der Waals surface area (Å²) in [4.78, 5) is 17.0. The van der Waals surface area contributed by atoms with Gasteiger partial charge in [-0.1, -0.05) is 60.7 Å². The number of carbonyl (C=O) groups is 1. The molecular weight excluding hydrogens is 448 g/mol. The van der Waals surface area contributed by atoms with Gasteiger partial charge in [-0.25, -0.2) is 4.98 Å². The number of hydrogen-bond acceptors (Lipinski definition) is 4. The Morgan fingerprint density at radius 2 is 1.64 bits per heavy atom. The summed E-state index contributed by atoms with van der Waals surface area (Å²) in [5.74, 6) is 0.900. The Hall–Kier alpha value is -4.64. The highest BCUT2D eigenvalue weighted by Crippen LogP contribution is 2.38. The van der Waals surface area contributed by atoms with E-state index in [0.717, 1.165) is 44.5 Å². The molecule has 5 heteroatoms. The number of rotatable bonds is 6. The van der Waals surface area contributed by atoms with Gasteiger partial charge < -0.3 is 14.5 Å². The van der Waals surface area contributed by atoms with Gasteiger partial charge in [0.05, 0.1) is 13.4 Å². The molecule has 0 atom stereocenters. The van der Waals surface area contributed by atoms with Gasteiger partial charge in [0.1, 0.15) is 17.2 Å². The van der Waals surface area contributed by atoms with Gasteiger partial charge in [0, 0.05) is 34.3 Å². The van der Waals surface area contributed by atoms with Crippen LogP contribution in [-0.2, 0) is 4.79 Å². The number of allylic oxidation sites excluding steroid dienone is 1. The second-order valence-corrected chi connectivity index (χ2v) is 8.62. The van der Waals surface area contributed by atoms with Crippen molar-refractivity contribution in [3.63, 3.8) is 0 Å². The maximum absolute atomic E-state index is 12.7. The number of anilines is 1. The highest BCUT2D eigenvalue weighted by atomic mass is 16.5. The third-order valence-electron chi connectivity index (χ3n) is 6.11. The molecule has 1 amide bonds. The van der Waals surface area contributed by atoms with Crippen LogP contribution < -0.4 is 10.1 Å². The molecule has 178 valence electrons. The first-order valence-corrected chi connectivity index (χ1v) is 11.7. The molecule has 5 nitrogen and oxygen atoms in total. The van der Waals surface area contributed by atoms with Crippen molar-refractivity contribution >= 4 is 28.3 Å². The van der Waals surface area contributed by atoms with E-state index in [2.05, 4.69) is 46.7 Å². The summed E-state index contributed by atoms with van der Waals surface area (Å²) in [6, 6.07) is 28.1. The lowest BCUT2D eigenvalue weighted by Crippen LogP contribution is -2.10. The van der Waals surface area contributed by atoms with E-state index < -0.39 is 0 Å². The van der Waals surface area contributed by atoms with Gasteiger partial charge in [0.25, 0.3) is 0 Å². The zero-order chi connectivity index (χ0) is 25.1.